The molecule has 2 N–H and O–H groups in total. The van der Waals surface area contributed by atoms with E-state index in [1.165, 1.54) is 6.07 Å². The van der Waals surface area contributed by atoms with Crippen molar-refractivity contribution in [3.63, 3.8) is 0 Å². The van der Waals surface area contributed by atoms with E-state index in [-0.39, 0.29) is 11.5 Å². The first kappa shape index (κ1) is 8.97. The Morgan fingerprint density at radius 1 is 0.875 bits per heavy atom. The maximum atomic E-state index is 9.71. The summed E-state index contributed by atoms with van der Waals surface area (Å²) in [5, 5.41) is 20.5. The van der Waals surface area contributed by atoms with E-state index in [2.05, 4.69) is 0 Å². The molecule has 0 fully saturated rings. The van der Waals surface area contributed by atoms with Crippen molar-refractivity contribution in [3.05, 3.63) is 42.5 Å². The number of fused-ring (bicyclic) bond motifs is 2. The van der Waals surface area contributed by atoms with E-state index in [0.717, 1.165) is 11.0 Å². The summed E-state index contributed by atoms with van der Waals surface area (Å²) in [6.45, 7) is 0. The number of benzene rings is 2. The summed E-state index contributed by atoms with van der Waals surface area (Å²) >= 11 is 0. The molecular formula is C13H9O3+. The SMILES string of the molecule is Oc1ccc2[o+]c3ccccc3cc2c1O. The Hall–Kier alpha value is -2.29. The zero-order chi connectivity index (χ0) is 11.1. The van der Waals surface area contributed by atoms with Crippen LogP contribution in [0.4, 0.5) is 0 Å². The van der Waals surface area contributed by atoms with Gasteiger partial charge in [0, 0.05) is 12.1 Å². The lowest BCUT2D eigenvalue weighted by Gasteiger charge is -1.97. The molecule has 0 spiro atoms. The number of hydrogen-bond donors (Lipinski definition) is 2. The normalized spacial score (nSPS) is 11.0. The molecule has 2 aromatic carbocycles. The van der Waals surface area contributed by atoms with Gasteiger partial charge in [-0.3, -0.25) is 0 Å². The van der Waals surface area contributed by atoms with Gasteiger partial charge in [0.15, 0.2) is 11.5 Å². The van der Waals surface area contributed by atoms with Crippen molar-refractivity contribution < 1.29 is 14.6 Å². The summed E-state index contributed by atoms with van der Waals surface area (Å²) < 4.78 is 5.61. The van der Waals surface area contributed by atoms with Crippen LogP contribution in [0.25, 0.3) is 21.9 Å². The summed E-state index contributed by atoms with van der Waals surface area (Å²) in [7, 11) is 0. The maximum absolute atomic E-state index is 9.71. The summed E-state index contributed by atoms with van der Waals surface area (Å²) in [5.74, 6) is -0.287. The third kappa shape index (κ3) is 1.18. The Balaban J connectivity index is 2.51. The molecule has 0 aliphatic heterocycles. The first-order chi connectivity index (χ1) is 7.75. The molecule has 3 aromatic rings. The molecule has 0 saturated carbocycles. The standard InChI is InChI=1S/C13H8O3/c14-10-5-6-12-9(13(10)15)7-8-3-1-2-4-11(8)16-12/h1-7H,(H-,14,15)/p+1. The van der Waals surface area contributed by atoms with Gasteiger partial charge in [0.2, 0.25) is 0 Å². The molecule has 0 amide bonds. The topological polar surface area (TPSA) is 51.8 Å². The lowest BCUT2D eigenvalue weighted by molar-refractivity contribution is 0.407. The second-order valence-corrected chi connectivity index (χ2v) is 3.63. The molecule has 16 heavy (non-hydrogen) atoms. The predicted octanol–water partition coefficient (Wildman–Crippen LogP) is 3.28. The van der Waals surface area contributed by atoms with E-state index in [9.17, 15) is 10.2 Å². The average Bonchev–Trinajstić information content (AvgIpc) is 2.32. The summed E-state index contributed by atoms with van der Waals surface area (Å²) in [4.78, 5) is 0. The van der Waals surface area contributed by atoms with E-state index in [1.807, 2.05) is 24.3 Å². The largest absolute Gasteiger partial charge is 0.504 e. The van der Waals surface area contributed by atoms with Crippen molar-refractivity contribution in [2.75, 3.05) is 0 Å². The molecular weight excluding hydrogens is 204 g/mol. The van der Waals surface area contributed by atoms with E-state index in [0.29, 0.717) is 11.0 Å². The molecule has 1 aromatic heterocycles. The molecule has 0 saturated heterocycles. The van der Waals surface area contributed by atoms with Crippen LogP contribution in [0, 0.1) is 0 Å². The van der Waals surface area contributed by atoms with Crippen molar-refractivity contribution >= 4 is 21.9 Å². The Kier molecular flexibility index (Phi) is 1.74. The Morgan fingerprint density at radius 3 is 2.56 bits per heavy atom. The third-order valence-corrected chi connectivity index (χ3v) is 2.59. The summed E-state index contributed by atoms with van der Waals surface area (Å²) in [6, 6.07) is 12.4. The fourth-order valence-electron chi connectivity index (χ4n) is 1.77. The van der Waals surface area contributed by atoms with Gasteiger partial charge in [-0.1, -0.05) is 12.1 Å². The maximum Gasteiger partial charge on any atom is 0.364 e. The van der Waals surface area contributed by atoms with Gasteiger partial charge in [-0.25, -0.2) is 4.42 Å². The van der Waals surface area contributed by atoms with Crippen LogP contribution in [-0.2, 0) is 0 Å². The fourth-order valence-corrected chi connectivity index (χ4v) is 1.77. The number of phenolic OH excluding ortho intramolecular Hbond substituents is 2. The number of hydrogen-bond acceptors (Lipinski definition) is 2. The van der Waals surface area contributed by atoms with E-state index in [1.54, 1.807) is 12.1 Å². The van der Waals surface area contributed by atoms with Crippen LogP contribution in [0.1, 0.15) is 0 Å². The van der Waals surface area contributed by atoms with Crippen molar-refractivity contribution in [1.29, 1.82) is 0 Å². The van der Waals surface area contributed by atoms with Gasteiger partial charge < -0.3 is 10.2 Å². The minimum atomic E-state index is -0.146. The molecule has 3 nitrogen and oxygen atoms in total. The zero-order valence-electron chi connectivity index (χ0n) is 8.34. The first-order valence-electron chi connectivity index (χ1n) is 4.92. The van der Waals surface area contributed by atoms with Crippen LogP contribution in [0.5, 0.6) is 11.5 Å². The average molecular weight is 213 g/mol. The number of aromatic hydroxyl groups is 2. The van der Waals surface area contributed by atoms with E-state index in [4.69, 9.17) is 4.42 Å². The Bertz CT molecular complexity index is 689. The van der Waals surface area contributed by atoms with Crippen LogP contribution in [-0.4, -0.2) is 10.2 Å². The highest BCUT2D eigenvalue weighted by atomic mass is 16.3. The van der Waals surface area contributed by atoms with Crippen LogP contribution in [0.2, 0.25) is 0 Å². The van der Waals surface area contributed by atoms with Gasteiger partial charge in [0.25, 0.3) is 0 Å². The number of para-hydroxylation sites is 1. The predicted molar refractivity (Wildman–Crippen MR) is 61.5 cm³/mol. The molecule has 0 aliphatic carbocycles. The Labute approximate surface area is 91.2 Å². The van der Waals surface area contributed by atoms with Crippen LogP contribution < -0.4 is 0 Å². The summed E-state index contributed by atoms with van der Waals surface area (Å²) in [5.41, 5.74) is 1.30. The molecule has 3 heteroatoms. The van der Waals surface area contributed by atoms with Gasteiger partial charge >= 0.3 is 11.2 Å². The van der Waals surface area contributed by atoms with Crippen LogP contribution >= 0.6 is 0 Å². The zero-order valence-corrected chi connectivity index (χ0v) is 8.34. The van der Waals surface area contributed by atoms with Crippen molar-refractivity contribution in [3.8, 4) is 11.5 Å². The quantitative estimate of drug-likeness (QED) is 0.342. The molecule has 0 unspecified atom stereocenters. The molecule has 0 radical (unpaired) electrons. The molecule has 0 bridgehead atoms. The number of phenols is 2. The van der Waals surface area contributed by atoms with Gasteiger partial charge in [-0.05, 0) is 18.2 Å². The second-order valence-electron chi connectivity index (χ2n) is 3.63. The van der Waals surface area contributed by atoms with E-state index < -0.39 is 0 Å². The minimum Gasteiger partial charge on any atom is -0.504 e. The first-order valence-corrected chi connectivity index (χ1v) is 4.92. The Morgan fingerprint density at radius 2 is 1.69 bits per heavy atom. The van der Waals surface area contributed by atoms with Gasteiger partial charge in [-0.2, -0.15) is 0 Å². The second kappa shape index (κ2) is 3.10. The van der Waals surface area contributed by atoms with Gasteiger partial charge in [0.05, 0.1) is 5.39 Å². The third-order valence-electron chi connectivity index (χ3n) is 2.59. The highest BCUT2D eigenvalue weighted by Crippen LogP contribution is 2.35. The highest BCUT2D eigenvalue weighted by molar-refractivity contribution is 5.94. The van der Waals surface area contributed by atoms with Crippen LogP contribution in [0.3, 0.4) is 0 Å². The highest BCUT2D eigenvalue weighted by Gasteiger charge is 2.16. The van der Waals surface area contributed by atoms with Crippen LogP contribution in [0.15, 0.2) is 46.9 Å². The fraction of sp³-hybridized carbons (Fsp3) is 0. The molecule has 0 atom stereocenters. The van der Waals surface area contributed by atoms with Crippen molar-refractivity contribution in [1.82, 2.24) is 0 Å². The summed E-state index contributed by atoms with van der Waals surface area (Å²) in [6.07, 6.45) is 0. The van der Waals surface area contributed by atoms with Crippen molar-refractivity contribution in [2.24, 2.45) is 0 Å². The number of rotatable bonds is 0. The van der Waals surface area contributed by atoms with Crippen molar-refractivity contribution in [2.45, 2.75) is 0 Å². The lowest BCUT2D eigenvalue weighted by atomic mass is 10.1. The minimum absolute atomic E-state index is 0.141. The molecule has 3 rings (SSSR count). The smallest absolute Gasteiger partial charge is 0.364 e. The lowest BCUT2D eigenvalue weighted by Crippen LogP contribution is -1.77. The van der Waals surface area contributed by atoms with Gasteiger partial charge in [-0.15, -0.1) is 0 Å². The molecule has 1 heterocycles. The molecule has 0 aliphatic rings. The van der Waals surface area contributed by atoms with Gasteiger partial charge in [0.1, 0.15) is 5.39 Å². The monoisotopic (exact) mass is 213 g/mol. The van der Waals surface area contributed by atoms with E-state index >= 15 is 0 Å². The molecule has 78 valence electrons.